The van der Waals surface area contributed by atoms with E-state index in [0.717, 1.165) is 5.56 Å². The van der Waals surface area contributed by atoms with Crippen molar-refractivity contribution in [2.45, 2.75) is 13.5 Å². The Morgan fingerprint density at radius 2 is 2.00 bits per heavy atom. The van der Waals surface area contributed by atoms with Crippen molar-refractivity contribution in [3.8, 4) is 22.0 Å². The number of rotatable bonds is 5. The lowest BCUT2D eigenvalue weighted by atomic mass is 10.1. The average molecular weight is 366 g/mol. The highest BCUT2D eigenvalue weighted by Crippen LogP contribution is 2.24. The van der Waals surface area contributed by atoms with Gasteiger partial charge in [0.2, 0.25) is 11.7 Å². The molecule has 0 saturated heterocycles. The molecule has 7 nitrogen and oxygen atoms in total. The molecule has 0 aliphatic carbocycles. The number of thiophene rings is 1. The third-order valence-electron chi connectivity index (χ3n) is 3.68. The SMILES string of the molecule is Cc1cc(-c2noc(CNC(=O)c3ccc(-c4cccs4)cc3)n2)no1. The molecule has 1 amide bonds. The Balaban J connectivity index is 1.39. The average Bonchev–Trinajstić information content (AvgIpc) is 3.41. The van der Waals surface area contributed by atoms with E-state index in [0.29, 0.717) is 28.7 Å². The minimum absolute atomic E-state index is 0.134. The summed E-state index contributed by atoms with van der Waals surface area (Å²) < 4.78 is 10.1. The Morgan fingerprint density at radius 1 is 1.15 bits per heavy atom. The van der Waals surface area contributed by atoms with Gasteiger partial charge in [-0.1, -0.05) is 28.5 Å². The van der Waals surface area contributed by atoms with Crippen LogP contribution in [0.4, 0.5) is 0 Å². The molecular formula is C18H14N4O3S. The fraction of sp³-hybridized carbons (Fsp3) is 0.111. The maximum Gasteiger partial charge on any atom is 0.251 e. The van der Waals surface area contributed by atoms with E-state index in [1.807, 2.05) is 29.6 Å². The van der Waals surface area contributed by atoms with Crippen molar-refractivity contribution in [3.05, 3.63) is 65.1 Å². The van der Waals surface area contributed by atoms with Gasteiger partial charge in [-0.3, -0.25) is 4.79 Å². The van der Waals surface area contributed by atoms with Crippen molar-refractivity contribution in [1.29, 1.82) is 0 Å². The topological polar surface area (TPSA) is 94.1 Å². The molecule has 0 bridgehead atoms. The Bertz CT molecular complexity index is 1020. The Hall–Kier alpha value is -3.26. The normalized spacial score (nSPS) is 10.8. The number of aryl methyl sites for hydroxylation is 1. The van der Waals surface area contributed by atoms with Gasteiger partial charge in [-0.15, -0.1) is 11.3 Å². The van der Waals surface area contributed by atoms with Gasteiger partial charge in [0.05, 0.1) is 6.54 Å². The fourth-order valence-electron chi connectivity index (χ4n) is 2.39. The molecule has 4 rings (SSSR count). The van der Waals surface area contributed by atoms with E-state index < -0.39 is 0 Å². The van der Waals surface area contributed by atoms with Gasteiger partial charge in [0.1, 0.15) is 5.76 Å². The molecule has 0 aliphatic rings. The fourth-order valence-corrected chi connectivity index (χ4v) is 3.12. The Kier molecular flexibility index (Phi) is 4.32. The van der Waals surface area contributed by atoms with Gasteiger partial charge < -0.3 is 14.4 Å². The second-order valence-electron chi connectivity index (χ2n) is 5.57. The molecule has 1 N–H and O–H groups in total. The molecular weight excluding hydrogens is 352 g/mol. The minimum atomic E-state index is -0.209. The first-order valence-corrected chi connectivity index (χ1v) is 8.75. The first-order valence-electron chi connectivity index (χ1n) is 7.87. The van der Waals surface area contributed by atoms with E-state index in [2.05, 4.69) is 20.6 Å². The van der Waals surface area contributed by atoms with Crippen LogP contribution in [0.2, 0.25) is 0 Å². The zero-order valence-electron chi connectivity index (χ0n) is 13.8. The van der Waals surface area contributed by atoms with Crippen LogP contribution in [0.1, 0.15) is 22.0 Å². The standard InChI is InChI=1S/C18H14N4O3S/c1-11-9-14(21-24-11)17-20-16(25-22-17)10-19-18(23)13-6-4-12(5-7-13)15-3-2-8-26-15/h2-9H,10H2,1H3,(H,19,23). The first kappa shape index (κ1) is 16.2. The number of benzene rings is 1. The molecule has 3 heterocycles. The number of nitrogens with one attached hydrogen (secondary N) is 1. The molecule has 130 valence electrons. The third-order valence-corrected chi connectivity index (χ3v) is 4.60. The summed E-state index contributed by atoms with van der Waals surface area (Å²) in [6.07, 6.45) is 0. The van der Waals surface area contributed by atoms with Gasteiger partial charge in [0.25, 0.3) is 5.91 Å². The number of aromatic nitrogens is 3. The highest BCUT2D eigenvalue weighted by Gasteiger charge is 2.13. The highest BCUT2D eigenvalue weighted by atomic mass is 32.1. The van der Waals surface area contributed by atoms with Crippen LogP contribution in [0.15, 0.2) is 56.9 Å². The maximum atomic E-state index is 12.3. The number of hydrogen-bond donors (Lipinski definition) is 1. The number of nitrogens with zero attached hydrogens (tertiary/aromatic N) is 3. The van der Waals surface area contributed by atoms with E-state index in [-0.39, 0.29) is 12.5 Å². The van der Waals surface area contributed by atoms with Crippen LogP contribution in [-0.2, 0) is 6.54 Å². The lowest BCUT2D eigenvalue weighted by Crippen LogP contribution is -2.22. The van der Waals surface area contributed by atoms with Crippen LogP contribution >= 0.6 is 11.3 Å². The summed E-state index contributed by atoms with van der Waals surface area (Å²) in [6, 6.07) is 13.2. The summed E-state index contributed by atoms with van der Waals surface area (Å²) in [4.78, 5) is 17.6. The quantitative estimate of drug-likeness (QED) is 0.579. The summed E-state index contributed by atoms with van der Waals surface area (Å²) in [6.45, 7) is 1.91. The molecule has 0 aliphatic heterocycles. The van der Waals surface area contributed by atoms with Crippen LogP contribution in [-0.4, -0.2) is 21.2 Å². The van der Waals surface area contributed by atoms with Crippen molar-refractivity contribution in [3.63, 3.8) is 0 Å². The predicted octanol–water partition coefficient (Wildman–Crippen LogP) is 3.69. The summed E-state index contributed by atoms with van der Waals surface area (Å²) in [5, 5.41) is 12.4. The van der Waals surface area contributed by atoms with Crippen molar-refractivity contribution in [1.82, 2.24) is 20.6 Å². The molecule has 0 unspecified atom stereocenters. The summed E-state index contributed by atoms with van der Waals surface area (Å²) in [7, 11) is 0. The van der Waals surface area contributed by atoms with E-state index in [9.17, 15) is 4.79 Å². The van der Waals surface area contributed by atoms with Crippen molar-refractivity contribution in [2.75, 3.05) is 0 Å². The monoisotopic (exact) mass is 366 g/mol. The summed E-state index contributed by atoms with van der Waals surface area (Å²) >= 11 is 1.66. The van der Waals surface area contributed by atoms with Crippen molar-refractivity contribution >= 4 is 17.2 Å². The van der Waals surface area contributed by atoms with Gasteiger partial charge in [0.15, 0.2) is 5.69 Å². The molecule has 3 aromatic heterocycles. The van der Waals surface area contributed by atoms with Gasteiger partial charge in [0, 0.05) is 16.5 Å². The summed E-state index contributed by atoms with van der Waals surface area (Å²) in [5.41, 5.74) is 2.14. The zero-order chi connectivity index (χ0) is 17.9. The molecule has 26 heavy (non-hydrogen) atoms. The molecule has 0 fully saturated rings. The van der Waals surface area contributed by atoms with E-state index in [4.69, 9.17) is 9.05 Å². The van der Waals surface area contributed by atoms with Crippen LogP contribution < -0.4 is 5.32 Å². The van der Waals surface area contributed by atoms with Gasteiger partial charge in [-0.2, -0.15) is 4.98 Å². The van der Waals surface area contributed by atoms with E-state index >= 15 is 0 Å². The molecule has 0 spiro atoms. The van der Waals surface area contributed by atoms with Crippen LogP contribution in [0.25, 0.3) is 22.0 Å². The number of hydrogen-bond acceptors (Lipinski definition) is 7. The van der Waals surface area contributed by atoms with Crippen molar-refractivity contribution in [2.24, 2.45) is 0 Å². The molecule has 1 aromatic carbocycles. The molecule has 0 saturated carbocycles. The smallest absolute Gasteiger partial charge is 0.251 e. The van der Waals surface area contributed by atoms with E-state index in [1.54, 1.807) is 36.5 Å². The third kappa shape index (κ3) is 3.40. The van der Waals surface area contributed by atoms with Gasteiger partial charge >= 0.3 is 0 Å². The molecule has 0 radical (unpaired) electrons. The number of carbonyl (C=O) groups excluding carboxylic acids is 1. The second kappa shape index (κ2) is 6.93. The minimum Gasteiger partial charge on any atom is -0.361 e. The van der Waals surface area contributed by atoms with Gasteiger partial charge in [-0.25, -0.2) is 0 Å². The van der Waals surface area contributed by atoms with Crippen LogP contribution in [0.5, 0.6) is 0 Å². The number of amides is 1. The Morgan fingerprint density at radius 3 is 2.69 bits per heavy atom. The summed E-state index contributed by atoms with van der Waals surface area (Å²) in [5.74, 6) is 1.07. The molecule has 8 heteroatoms. The van der Waals surface area contributed by atoms with Crippen molar-refractivity contribution < 1.29 is 13.8 Å². The van der Waals surface area contributed by atoms with Crippen LogP contribution in [0, 0.1) is 6.92 Å². The lowest BCUT2D eigenvalue weighted by Gasteiger charge is -2.03. The molecule has 0 atom stereocenters. The highest BCUT2D eigenvalue weighted by molar-refractivity contribution is 7.13. The molecule has 4 aromatic rings. The maximum absolute atomic E-state index is 12.3. The zero-order valence-corrected chi connectivity index (χ0v) is 14.6. The number of carbonyl (C=O) groups is 1. The van der Waals surface area contributed by atoms with Crippen LogP contribution in [0.3, 0.4) is 0 Å². The first-order chi connectivity index (χ1) is 12.7. The van der Waals surface area contributed by atoms with Gasteiger partial charge in [-0.05, 0) is 36.1 Å². The second-order valence-corrected chi connectivity index (χ2v) is 6.52. The lowest BCUT2D eigenvalue weighted by molar-refractivity contribution is 0.0946. The Labute approximate surface area is 152 Å². The predicted molar refractivity (Wildman–Crippen MR) is 95.5 cm³/mol. The van der Waals surface area contributed by atoms with E-state index in [1.165, 1.54) is 4.88 Å². The largest absolute Gasteiger partial charge is 0.361 e.